The van der Waals surface area contributed by atoms with Gasteiger partial charge in [0.15, 0.2) is 0 Å². The highest BCUT2D eigenvalue weighted by Crippen LogP contribution is 2.27. The van der Waals surface area contributed by atoms with Gasteiger partial charge in [-0.3, -0.25) is 4.79 Å². The number of halogens is 1. The summed E-state index contributed by atoms with van der Waals surface area (Å²) in [6, 6.07) is 12.8. The lowest BCUT2D eigenvalue weighted by Gasteiger charge is -2.11. The first kappa shape index (κ1) is 19.3. The minimum Gasteiger partial charge on any atom is -0.494 e. The second kappa shape index (κ2) is 10.1. The molecule has 2 rings (SSSR count). The van der Waals surface area contributed by atoms with Crippen LogP contribution in [-0.2, 0) is 0 Å². The molecule has 0 unspecified atom stereocenters. The first-order valence-electron chi connectivity index (χ1n) is 8.60. The number of unbranched alkanes of at least 4 members (excludes halogenated alkanes) is 1. The predicted molar refractivity (Wildman–Crippen MR) is 105 cm³/mol. The van der Waals surface area contributed by atoms with Crippen molar-refractivity contribution < 1.29 is 14.3 Å². The van der Waals surface area contributed by atoms with Crippen LogP contribution in [0.2, 0.25) is 0 Å². The molecule has 0 fully saturated rings. The van der Waals surface area contributed by atoms with Gasteiger partial charge in [-0.1, -0.05) is 26.3 Å². The van der Waals surface area contributed by atoms with Crippen molar-refractivity contribution in [2.75, 3.05) is 18.5 Å². The van der Waals surface area contributed by atoms with Crippen LogP contribution >= 0.6 is 15.9 Å². The number of hydrogen-bond acceptors (Lipinski definition) is 3. The van der Waals surface area contributed by atoms with Crippen molar-refractivity contribution >= 4 is 27.5 Å². The number of benzene rings is 2. The molecular weight excluding hydrogens is 382 g/mol. The molecule has 2 aromatic carbocycles. The van der Waals surface area contributed by atoms with Gasteiger partial charge in [-0.25, -0.2) is 0 Å². The lowest BCUT2D eigenvalue weighted by atomic mass is 10.2. The smallest absolute Gasteiger partial charge is 0.255 e. The first-order valence-corrected chi connectivity index (χ1v) is 9.40. The van der Waals surface area contributed by atoms with Crippen LogP contribution in [-0.4, -0.2) is 19.1 Å². The molecule has 0 spiro atoms. The molecule has 5 heteroatoms. The van der Waals surface area contributed by atoms with Gasteiger partial charge in [0.1, 0.15) is 11.5 Å². The van der Waals surface area contributed by atoms with Gasteiger partial charge in [0.25, 0.3) is 5.91 Å². The largest absolute Gasteiger partial charge is 0.494 e. The maximum absolute atomic E-state index is 12.4. The molecular formula is C20H24BrNO3. The fourth-order valence-electron chi connectivity index (χ4n) is 2.17. The molecule has 4 nitrogen and oxygen atoms in total. The van der Waals surface area contributed by atoms with Crippen molar-refractivity contribution in [1.29, 1.82) is 0 Å². The van der Waals surface area contributed by atoms with E-state index in [0.29, 0.717) is 24.5 Å². The van der Waals surface area contributed by atoms with Gasteiger partial charge < -0.3 is 14.8 Å². The van der Waals surface area contributed by atoms with Crippen LogP contribution in [0.15, 0.2) is 46.9 Å². The van der Waals surface area contributed by atoms with E-state index in [1.54, 1.807) is 12.1 Å². The average molecular weight is 406 g/mol. The van der Waals surface area contributed by atoms with E-state index in [2.05, 4.69) is 35.1 Å². The number of carbonyl (C=O) groups is 1. The van der Waals surface area contributed by atoms with E-state index in [9.17, 15) is 4.79 Å². The van der Waals surface area contributed by atoms with Gasteiger partial charge in [-0.05, 0) is 59.1 Å². The van der Waals surface area contributed by atoms with Crippen LogP contribution in [0.25, 0.3) is 0 Å². The van der Waals surface area contributed by atoms with Crippen molar-refractivity contribution in [2.24, 2.45) is 0 Å². The fraction of sp³-hybridized carbons (Fsp3) is 0.350. The Kier molecular flexibility index (Phi) is 7.79. The highest BCUT2D eigenvalue weighted by molar-refractivity contribution is 9.10. The average Bonchev–Trinajstić information content (AvgIpc) is 2.61. The zero-order valence-electron chi connectivity index (χ0n) is 14.7. The summed E-state index contributed by atoms with van der Waals surface area (Å²) in [6.07, 6.45) is 3.03. The summed E-state index contributed by atoms with van der Waals surface area (Å²) in [7, 11) is 0. The predicted octanol–water partition coefficient (Wildman–Crippen LogP) is 5.67. The summed E-state index contributed by atoms with van der Waals surface area (Å²) in [5, 5.41) is 2.89. The maximum atomic E-state index is 12.4. The summed E-state index contributed by atoms with van der Waals surface area (Å²) >= 11 is 3.47. The highest BCUT2D eigenvalue weighted by Gasteiger charge is 2.10. The lowest BCUT2D eigenvalue weighted by molar-refractivity contribution is 0.102. The Bertz CT molecular complexity index is 703. The number of nitrogens with one attached hydrogen (secondary N) is 1. The van der Waals surface area contributed by atoms with Crippen molar-refractivity contribution in [3.8, 4) is 11.5 Å². The molecule has 1 N–H and O–H groups in total. The number of rotatable bonds is 9. The molecule has 0 radical (unpaired) electrons. The van der Waals surface area contributed by atoms with E-state index in [1.165, 1.54) is 0 Å². The van der Waals surface area contributed by atoms with E-state index in [0.717, 1.165) is 35.2 Å². The zero-order valence-corrected chi connectivity index (χ0v) is 16.3. The van der Waals surface area contributed by atoms with Gasteiger partial charge in [0, 0.05) is 17.3 Å². The topological polar surface area (TPSA) is 47.6 Å². The molecule has 0 bridgehead atoms. The van der Waals surface area contributed by atoms with Gasteiger partial charge in [-0.2, -0.15) is 0 Å². The zero-order chi connectivity index (χ0) is 18.1. The van der Waals surface area contributed by atoms with E-state index in [4.69, 9.17) is 9.47 Å². The maximum Gasteiger partial charge on any atom is 0.255 e. The molecule has 0 aliphatic heterocycles. The molecule has 0 heterocycles. The Morgan fingerprint density at radius 1 is 1.04 bits per heavy atom. The van der Waals surface area contributed by atoms with Gasteiger partial charge in [0.2, 0.25) is 0 Å². The van der Waals surface area contributed by atoms with Crippen LogP contribution in [0.1, 0.15) is 43.5 Å². The van der Waals surface area contributed by atoms with Gasteiger partial charge in [0.05, 0.1) is 17.7 Å². The SMILES string of the molecule is CCCCOc1ccc(C(=O)Nc2cccc(OCCC)c2)cc1Br. The second-order valence-corrected chi connectivity index (χ2v) is 6.53. The van der Waals surface area contributed by atoms with Crippen LogP contribution in [0, 0.1) is 0 Å². The molecule has 0 saturated heterocycles. The summed E-state index contributed by atoms with van der Waals surface area (Å²) in [6.45, 7) is 5.50. The van der Waals surface area contributed by atoms with Crippen molar-refractivity contribution in [1.82, 2.24) is 0 Å². The number of hydrogen-bond donors (Lipinski definition) is 1. The third-order valence-corrected chi connectivity index (χ3v) is 4.13. The number of anilines is 1. The first-order chi connectivity index (χ1) is 12.1. The summed E-state index contributed by atoms with van der Waals surface area (Å²) in [5.41, 5.74) is 1.27. The number of ether oxygens (including phenoxy) is 2. The quantitative estimate of drug-likeness (QED) is 0.546. The summed E-state index contributed by atoms with van der Waals surface area (Å²) in [5.74, 6) is 1.33. The third-order valence-electron chi connectivity index (χ3n) is 3.51. The minimum absolute atomic E-state index is 0.173. The molecule has 0 aromatic heterocycles. The van der Waals surface area contributed by atoms with Crippen LogP contribution in [0.5, 0.6) is 11.5 Å². The normalized spacial score (nSPS) is 10.4. The standard InChI is InChI=1S/C20H24BrNO3/c1-3-5-12-25-19-10-9-15(13-18(19)21)20(23)22-16-7-6-8-17(14-16)24-11-4-2/h6-10,13-14H,3-5,11-12H2,1-2H3,(H,22,23). The van der Waals surface area contributed by atoms with E-state index in [1.807, 2.05) is 30.3 Å². The molecule has 0 aliphatic rings. The van der Waals surface area contributed by atoms with E-state index >= 15 is 0 Å². The van der Waals surface area contributed by atoms with Crippen molar-refractivity contribution in [3.05, 3.63) is 52.5 Å². The molecule has 2 aromatic rings. The van der Waals surface area contributed by atoms with Crippen molar-refractivity contribution in [2.45, 2.75) is 33.1 Å². The fourth-order valence-corrected chi connectivity index (χ4v) is 2.67. The number of amides is 1. The van der Waals surface area contributed by atoms with Gasteiger partial charge in [-0.15, -0.1) is 0 Å². The highest BCUT2D eigenvalue weighted by atomic mass is 79.9. The Morgan fingerprint density at radius 3 is 2.60 bits per heavy atom. The van der Waals surface area contributed by atoms with E-state index < -0.39 is 0 Å². The molecule has 134 valence electrons. The lowest BCUT2D eigenvalue weighted by Crippen LogP contribution is -2.12. The Balaban J connectivity index is 2.02. The third kappa shape index (κ3) is 6.09. The molecule has 25 heavy (non-hydrogen) atoms. The van der Waals surface area contributed by atoms with Crippen LogP contribution in [0.3, 0.4) is 0 Å². The Morgan fingerprint density at radius 2 is 1.88 bits per heavy atom. The Hall–Kier alpha value is -2.01. The molecule has 1 amide bonds. The molecule has 0 aliphatic carbocycles. The molecule has 0 saturated carbocycles. The van der Waals surface area contributed by atoms with E-state index in [-0.39, 0.29) is 5.91 Å². The van der Waals surface area contributed by atoms with Crippen LogP contribution in [0.4, 0.5) is 5.69 Å². The van der Waals surface area contributed by atoms with Crippen LogP contribution < -0.4 is 14.8 Å². The minimum atomic E-state index is -0.173. The van der Waals surface area contributed by atoms with Crippen molar-refractivity contribution in [3.63, 3.8) is 0 Å². The monoisotopic (exact) mass is 405 g/mol. The van der Waals surface area contributed by atoms with Gasteiger partial charge >= 0.3 is 0 Å². The second-order valence-electron chi connectivity index (χ2n) is 5.68. The summed E-state index contributed by atoms with van der Waals surface area (Å²) < 4.78 is 12.1. The molecule has 0 atom stereocenters. The Labute approximate surface area is 157 Å². The number of carbonyl (C=O) groups excluding carboxylic acids is 1. The summed E-state index contributed by atoms with van der Waals surface area (Å²) in [4.78, 5) is 12.4.